The van der Waals surface area contributed by atoms with Crippen LogP contribution in [0.2, 0.25) is 5.02 Å². The van der Waals surface area contributed by atoms with Crippen LogP contribution in [0.25, 0.3) is 10.6 Å². The van der Waals surface area contributed by atoms with Crippen molar-refractivity contribution in [3.05, 3.63) is 58.0 Å². The number of amides is 3. The number of carbonyl (C=O) groups is 2. The molecule has 7 nitrogen and oxygen atoms in total. The minimum absolute atomic E-state index is 0.0870. The summed E-state index contributed by atoms with van der Waals surface area (Å²) in [5, 5.41) is 18.0. The lowest BCUT2D eigenvalue weighted by Crippen LogP contribution is -2.49. The van der Waals surface area contributed by atoms with Crippen LogP contribution >= 0.6 is 38.9 Å². The molecule has 0 bridgehead atoms. The normalized spacial score (nSPS) is 12.6. The van der Waals surface area contributed by atoms with Crippen LogP contribution in [0, 0.1) is 5.92 Å². The molecule has 31 heavy (non-hydrogen) atoms. The lowest BCUT2D eigenvalue weighted by atomic mass is 9.98. The fourth-order valence-electron chi connectivity index (χ4n) is 2.74. The van der Waals surface area contributed by atoms with Crippen molar-refractivity contribution >= 4 is 61.6 Å². The second kappa shape index (κ2) is 10.7. The van der Waals surface area contributed by atoms with Crippen LogP contribution in [0.1, 0.15) is 20.3 Å². The van der Waals surface area contributed by atoms with Crippen molar-refractivity contribution in [3.8, 4) is 10.6 Å². The second-order valence-electron chi connectivity index (χ2n) is 6.88. The van der Waals surface area contributed by atoms with Gasteiger partial charge in [-0.1, -0.05) is 71.3 Å². The first kappa shape index (κ1) is 23.2. The number of nitrogens with zero attached hydrogens (tertiary/aromatic N) is 2. The Morgan fingerprint density at radius 2 is 1.87 bits per heavy atom. The molecule has 1 heterocycles. The summed E-state index contributed by atoms with van der Waals surface area (Å²) < 4.78 is 0.907. The number of carbonyl (C=O) groups excluding carboxylic acids is 2. The summed E-state index contributed by atoms with van der Waals surface area (Å²) in [4.78, 5) is 25.4. The van der Waals surface area contributed by atoms with Crippen LogP contribution < -0.4 is 16.0 Å². The summed E-state index contributed by atoms with van der Waals surface area (Å²) in [6, 6.07) is 13.2. The summed E-state index contributed by atoms with van der Waals surface area (Å²) in [7, 11) is 0. The topological polar surface area (TPSA) is 96.0 Å². The molecular weight excluding hydrogens is 502 g/mol. The number of urea groups is 1. The van der Waals surface area contributed by atoms with Crippen LogP contribution in [-0.2, 0) is 4.79 Å². The summed E-state index contributed by atoms with van der Waals surface area (Å²) >= 11 is 10.6. The van der Waals surface area contributed by atoms with Gasteiger partial charge >= 0.3 is 6.03 Å². The van der Waals surface area contributed by atoms with Gasteiger partial charge in [-0.15, -0.1) is 10.2 Å². The maximum absolute atomic E-state index is 12.9. The van der Waals surface area contributed by atoms with E-state index >= 15 is 0 Å². The first-order valence-electron chi connectivity index (χ1n) is 9.59. The Kier molecular flexibility index (Phi) is 8.00. The van der Waals surface area contributed by atoms with E-state index in [-0.39, 0.29) is 11.8 Å². The average molecular weight is 523 g/mol. The van der Waals surface area contributed by atoms with E-state index in [9.17, 15) is 9.59 Å². The molecule has 2 atom stereocenters. The van der Waals surface area contributed by atoms with Gasteiger partial charge in [0.1, 0.15) is 11.0 Å². The van der Waals surface area contributed by atoms with Crippen molar-refractivity contribution in [2.45, 2.75) is 26.3 Å². The lowest BCUT2D eigenvalue weighted by molar-refractivity contribution is -0.119. The number of benzene rings is 2. The summed E-state index contributed by atoms with van der Waals surface area (Å²) in [5.74, 6) is -0.440. The van der Waals surface area contributed by atoms with E-state index in [4.69, 9.17) is 11.6 Å². The number of rotatable bonds is 7. The second-order valence-corrected chi connectivity index (χ2v) is 9.21. The van der Waals surface area contributed by atoms with E-state index in [0.717, 1.165) is 10.0 Å². The minimum Gasteiger partial charge on any atom is -0.326 e. The molecule has 3 amide bonds. The van der Waals surface area contributed by atoms with E-state index in [1.54, 1.807) is 24.3 Å². The zero-order chi connectivity index (χ0) is 22.4. The smallest absolute Gasteiger partial charge is 0.319 e. The zero-order valence-corrected chi connectivity index (χ0v) is 20.0. The van der Waals surface area contributed by atoms with Gasteiger partial charge in [0.05, 0.1) is 0 Å². The van der Waals surface area contributed by atoms with Crippen LogP contribution in [0.3, 0.4) is 0 Å². The van der Waals surface area contributed by atoms with Crippen LogP contribution in [0.4, 0.5) is 15.6 Å². The van der Waals surface area contributed by atoms with E-state index in [0.29, 0.717) is 27.3 Å². The maximum Gasteiger partial charge on any atom is 0.319 e. The Hall–Kier alpha value is -2.49. The summed E-state index contributed by atoms with van der Waals surface area (Å²) in [6.07, 6.45) is 0.709. The van der Waals surface area contributed by atoms with Crippen molar-refractivity contribution in [2.24, 2.45) is 5.92 Å². The molecule has 0 fully saturated rings. The summed E-state index contributed by atoms with van der Waals surface area (Å²) in [5.41, 5.74) is 1.44. The summed E-state index contributed by atoms with van der Waals surface area (Å²) in [6.45, 7) is 3.86. The van der Waals surface area contributed by atoms with E-state index in [2.05, 4.69) is 42.1 Å². The van der Waals surface area contributed by atoms with Gasteiger partial charge in [-0.25, -0.2) is 4.79 Å². The molecule has 0 aliphatic rings. The minimum atomic E-state index is -0.737. The third-order valence-corrected chi connectivity index (χ3v) is 6.26. The lowest BCUT2D eigenvalue weighted by Gasteiger charge is -2.23. The third-order valence-electron chi connectivity index (χ3n) is 4.61. The Balaban J connectivity index is 1.67. The highest BCUT2D eigenvalue weighted by atomic mass is 79.9. The quantitative estimate of drug-likeness (QED) is 0.366. The Labute approximate surface area is 197 Å². The fourth-order valence-corrected chi connectivity index (χ4v) is 3.94. The highest BCUT2D eigenvalue weighted by Gasteiger charge is 2.27. The average Bonchev–Trinajstić information content (AvgIpc) is 3.21. The van der Waals surface area contributed by atoms with Crippen LogP contribution in [0.15, 0.2) is 53.0 Å². The molecule has 10 heteroatoms. The maximum atomic E-state index is 12.9. The molecule has 0 aliphatic heterocycles. The van der Waals surface area contributed by atoms with Crippen molar-refractivity contribution in [1.82, 2.24) is 15.5 Å². The molecule has 1 aromatic heterocycles. The number of halogens is 2. The van der Waals surface area contributed by atoms with Gasteiger partial charge in [-0.2, -0.15) is 0 Å². The van der Waals surface area contributed by atoms with Gasteiger partial charge in [0.25, 0.3) is 0 Å². The SMILES string of the molecule is CC[C@H](C)[C@H](NC(=O)Nc1ccc(Br)cc1)C(=O)Nc1nnc(-c2cccc(Cl)c2)s1. The molecule has 3 rings (SSSR count). The Morgan fingerprint density at radius 3 is 2.55 bits per heavy atom. The van der Waals surface area contributed by atoms with Crippen LogP contribution in [0.5, 0.6) is 0 Å². The van der Waals surface area contributed by atoms with Crippen molar-refractivity contribution in [3.63, 3.8) is 0 Å². The molecule has 0 saturated heterocycles. The van der Waals surface area contributed by atoms with Crippen LogP contribution in [-0.4, -0.2) is 28.2 Å². The molecule has 0 radical (unpaired) electrons. The number of aromatic nitrogens is 2. The van der Waals surface area contributed by atoms with Gasteiger partial charge in [-0.05, 0) is 42.3 Å². The first-order valence-corrected chi connectivity index (χ1v) is 11.6. The number of anilines is 2. The molecule has 3 N–H and O–H groups in total. The van der Waals surface area contributed by atoms with E-state index in [1.165, 1.54) is 11.3 Å². The molecule has 162 valence electrons. The van der Waals surface area contributed by atoms with Crippen molar-refractivity contribution in [2.75, 3.05) is 10.6 Å². The number of hydrogen-bond acceptors (Lipinski definition) is 5. The molecule has 0 spiro atoms. The zero-order valence-electron chi connectivity index (χ0n) is 16.9. The molecule has 0 unspecified atom stereocenters. The predicted molar refractivity (Wildman–Crippen MR) is 129 cm³/mol. The monoisotopic (exact) mass is 521 g/mol. The molecular formula is C21H21BrClN5O2S. The molecule has 3 aromatic rings. The molecule has 0 aliphatic carbocycles. The largest absolute Gasteiger partial charge is 0.326 e. The Morgan fingerprint density at radius 1 is 1.13 bits per heavy atom. The van der Waals surface area contributed by atoms with Gasteiger partial charge in [0, 0.05) is 20.7 Å². The standard InChI is InChI=1S/C21H21BrClN5O2S/c1-3-12(2)17(25-20(30)24-16-9-7-14(22)8-10-16)18(29)26-21-28-27-19(31-21)13-5-4-6-15(23)11-13/h4-12,17H,3H2,1-2H3,(H2,24,25,30)(H,26,28,29)/t12-,17-/m0/s1. The van der Waals surface area contributed by atoms with E-state index in [1.807, 2.05) is 38.1 Å². The number of nitrogens with one attached hydrogen (secondary N) is 3. The highest BCUT2D eigenvalue weighted by molar-refractivity contribution is 9.10. The molecule has 2 aromatic carbocycles. The Bertz CT molecular complexity index is 1060. The van der Waals surface area contributed by atoms with Crippen molar-refractivity contribution < 1.29 is 9.59 Å². The van der Waals surface area contributed by atoms with Gasteiger partial charge in [-0.3, -0.25) is 10.1 Å². The van der Waals surface area contributed by atoms with Gasteiger partial charge in [0.15, 0.2) is 0 Å². The van der Waals surface area contributed by atoms with Crippen molar-refractivity contribution in [1.29, 1.82) is 0 Å². The number of hydrogen-bond donors (Lipinski definition) is 3. The van der Waals surface area contributed by atoms with E-state index < -0.39 is 12.1 Å². The fraction of sp³-hybridized carbons (Fsp3) is 0.238. The molecule has 0 saturated carbocycles. The first-order chi connectivity index (χ1) is 14.9. The predicted octanol–water partition coefficient (Wildman–Crippen LogP) is 5.80. The van der Waals surface area contributed by atoms with Gasteiger partial charge < -0.3 is 10.6 Å². The third kappa shape index (κ3) is 6.49. The van der Waals surface area contributed by atoms with Gasteiger partial charge in [0.2, 0.25) is 11.0 Å². The highest BCUT2D eigenvalue weighted by Crippen LogP contribution is 2.28.